The Labute approximate surface area is 116 Å². The zero-order chi connectivity index (χ0) is 13.7. The van der Waals surface area contributed by atoms with Crippen LogP contribution in [0.2, 0.25) is 0 Å². The molecule has 1 aromatic heterocycles. The summed E-state index contributed by atoms with van der Waals surface area (Å²) < 4.78 is 0. The van der Waals surface area contributed by atoms with Gasteiger partial charge in [0, 0.05) is 10.9 Å². The summed E-state index contributed by atoms with van der Waals surface area (Å²) in [6.07, 6.45) is 4.70. The maximum Gasteiger partial charge on any atom is 0.312 e. The standard InChI is InChI=1S/C13H19N3O2S/c14-13(18)16-10(11-6-3-7-19-11)8-12(17)15-9-4-1-2-5-9/h3,6-7,9-10H,1-2,4-5,8H2,(H,15,17)(H3,14,16,18)/t10-/m1/s1. The van der Waals surface area contributed by atoms with Crippen LogP contribution in [0.4, 0.5) is 4.79 Å². The maximum absolute atomic E-state index is 12.0. The normalized spacial score (nSPS) is 17.1. The van der Waals surface area contributed by atoms with Crippen LogP contribution in [0.15, 0.2) is 17.5 Å². The van der Waals surface area contributed by atoms with Crippen LogP contribution in [0.3, 0.4) is 0 Å². The average molecular weight is 281 g/mol. The number of hydrogen-bond acceptors (Lipinski definition) is 3. The minimum Gasteiger partial charge on any atom is -0.353 e. The Morgan fingerprint density at radius 3 is 2.74 bits per heavy atom. The minimum atomic E-state index is -0.605. The highest BCUT2D eigenvalue weighted by molar-refractivity contribution is 7.10. The lowest BCUT2D eigenvalue weighted by molar-refractivity contribution is -0.122. The summed E-state index contributed by atoms with van der Waals surface area (Å²) in [5.74, 6) is -0.0287. The molecule has 5 nitrogen and oxygen atoms in total. The van der Waals surface area contributed by atoms with E-state index in [4.69, 9.17) is 5.73 Å². The molecule has 0 spiro atoms. The van der Waals surface area contributed by atoms with Gasteiger partial charge in [-0.05, 0) is 24.3 Å². The first-order valence-electron chi connectivity index (χ1n) is 6.54. The van der Waals surface area contributed by atoms with E-state index in [2.05, 4.69) is 10.6 Å². The van der Waals surface area contributed by atoms with Crippen LogP contribution in [0, 0.1) is 0 Å². The Hall–Kier alpha value is -1.56. The van der Waals surface area contributed by atoms with Crippen molar-refractivity contribution in [1.82, 2.24) is 10.6 Å². The molecule has 1 fully saturated rings. The van der Waals surface area contributed by atoms with Crippen LogP contribution in [0.25, 0.3) is 0 Å². The second kappa shape index (κ2) is 6.56. The molecule has 0 unspecified atom stereocenters. The molecule has 1 atom stereocenters. The highest BCUT2D eigenvalue weighted by Crippen LogP contribution is 2.23. The fourth-order valence-electron chi connectivity index (χ4n) is 2.43. The van der Waals surface area contributed by atoms with E-state index < -0.39 is 6.03 Å². The summed E-state index contributed by atoms with van der Waals surface area (Å²) >= 11 is 1.51. The van der Waals surface area contributed by atoms with Crippen LogP contribution < -0.4 is 16.4 Å². The third-order valence-corrected chi connectivity index (χ3v) is 4.30. The summed E-state index contributed by atoms with van der Waals surface area (Å²) in [6.45, 7) is 0. The minimum absolute atomic E-state index is 0.0287. The predicted molar refractivity (Wildman–Crippen MR) is 74.8 cm³/mol. The molecule has 1 saturated carbocycles. The number of rotatable bonds is 5. The quantitative estimate of drug-likeness (QED) is 0.770. The summed E-state index contributed by atoms with van der Waals surface area (Å²) in [7, 11) is 0. The van der Waals surface area contributed by atoms with Gasteiger partial charge in [0.15, 0.2) is 0 Å². The number of primary amides is 1. The van der Waals surface area contributed by atoms with Gasteiger partial charge in [0.2, 0.25) is 5.91 Å². The van der Waals surface area contributed by atoms with Crippen LogP contribution in [0.5, 0.6) is 0 Å². The first-order valence-corrected chi connectivity index (χ1v) is 7.42. The van der Waals surface area contributed by atoms with Crippen molar-refractivity contribution in [3.63, 3.8) is 0 Å². The molecular weight excluding hydrogens is 262 g/mol. The summed E-state index contributed by atoms with van der Waals surface area (Å²) in [5, 5.41) is 7.56. The number of hydrogen-bond donors (Lipinski definition) is 3. The number of nitrogens with two attached hydrogens (primary N) is 1. The third-order valence-electron chi connectivity index (χ3n) is 3.31. The Morgan fingerprint density at radius 2 is 2.16 bits per heavy atom. The van der Waals surface area contributed by atoms with Crippen LogP contribution in [-0.2, 0) is 4.79 Å². The molecule has 0 saturated heterocycles. The van der Waals surface area contributed by atoms with Crippen molar-refractivity contribution in [1.29, 1.82) is 0 Å². The van der Waals surface area contributed by atoms with Crippen molar-refractivity contribution in [2.24, 2.45) is 5.73 Å². The molecule has 4 N–H and O–H groups in total. The SMILES string of the molecule is NC(=O)N[C@H](CC(=O)NC1CCCC1)c1cccs1. The van der Waals surface area contributed by atoms with Crippen molar-refractivity contribution in [2.75, 3.05) is 0 Å². The van der Waals surface area contributed by atoms with E-state index in [1.807, 2.05) is 17.5 Å². The molecule has 0 aliphatic heterocycles. The smallest absolute Gasteiger partial charge is 0.312 e. The molecule has 0 radical (unpaired) electrons. The number of amides is 3. The van der Waals surface area contributed by atoms with Gasteiger partial charge in [-0.15, -0.1) is 11.3 Å². The molecule has 1 aliphatic carbocycles. The monoisotopic (exact) mass is 281 g/mol. The van der Waals surface area contributed by atoms with E-state index in [1.54, 1.807) is 0 Å². The van der Waals surface area contributed by atoms with Crippen molar-refractivity contribution >= 4 is 23.3 Å². The maximum atomic E-state index is 12.0. The van der Waals surface area contributed by atoms with Crippen LogP contribution in [-0.4, -0.2) is 18.0 Å². The fourth-order valence-corrected chi connectivity index (χ4v) is 3.20. The van der Waals surface area contributed by atoms with Gasteiger partial charge in [0.05, 0.1) is 12.5 Å². The number of thiophene rings is 1. The molecule has 1 aliphatic rings. The average Bonchev–Trinajstić information content (AvgIpc) is 2.99. The first kappa shape index (κ1) is 13.9. The molecule has 0 aromatic carbocycles. The van der Waals surface area contributed by atoms with Crippen molar-refractivity contribution in [3.05, 3.63) is 22.4 Å². The first-order chi connectivity index (χ1) is 9.15. The lowest BCUT2D eigenvalue weighted by Gasteiger charge is -2.18. The highest BCUT2D eigenvalue weighted by atomic mass is 32.1. The molecule has 0 bridgehead atoms. The molecule has 6 heteroatoms. The Bertz CT molecular complexity index is 427. The molecule has 3 amide bonds. The van der Waals surface area contributed by atoms with Crippen molar-refractivity contribution in [3.8, 4) is 0 Å². The highest BCUT2D eigenvalue weighted by Gasteiger charge is 2.21. The summed E-state index contributed by atoms with van der Waals surface area (Å²) in [5.41, 5.74) is 5.16. The molecular formula is C13H19N3O2S. The molecule has 1 aromatic rings. The van der Waals surface area contributed by atoms with Gasteiger partial charge in [0.25, 0.3) is 0 Å². The van der Waals surface area contributed by atoms with E-state index in [9.17, 15) is 9.59 Å². The van der Waals surface area contributed by atoms with Gasteiger partial charge in [-0.25, -0.2) is 4.79 Å². The number of urea groups is 1. The summed E-state index contributed by atoms with van der Waals surface area (Å²) in [4.78, 5) is 23.9. The predicted octanol–water partition coefficient (Wildman–Crippen LogP) is 1.91. The third kappa shape index (κ3) is 4.24. The number of carbonyl (C=O) groups is 2. The molecule has 104 valence electrons. The Balaban J connectivity index is 1.91. The van der Waals surface area contributed by atoms with E-state index in [1.165, 1.54) is 24.2 Å². The lowest BCUT2D eigenvalue weighted by Crippen LogP contribution is -2.38. The topological polar surface area (TPSA) is 84.2 Å². The van der Waals surface area contributed by atoms with Gasteiger partial charge in [0.1, 0.15) is 0 Å². The largest absolute Gasteiger partial charge is 0.353 e. The fraction of sp³-hybridized carbons (Fsp3) is 0.538. The van der Waals surface area contributed by atoms with Gasteiger partial charge in [-0.2, -0.15) is 0 Å². The van der Waals surface area contributed by atoms with Crippen LogP contribution >= 0.6 is 11.3 Å². The molecule has 1 heterocycles. The number of carbonyl (C=O) groups excluding carboxylic acids is 2. The van der Waals surface area contributed by atoms with Gasteiger partial charge in [-0.1, -0.05) is 18.9 Å². The van der Waals surface area contributed by atoms with E-state index in [0.717, 1.165) is 17.7 Å². The second-order valence-corrected chi connectivity index (χ2v) is 5.81. The Kier molecular flexibility index (Phi) is 4.79. The van der Waals surface area contributed by atoms with E-state index in [0.29, 0.717) is 6.04 Å². The molecule has 19 heavy (non-hydrogen) atoms. The second-order valence-electron chi connectivity index (χ2n) is 4.83. The van der Waals surface area contributed by atoms with E-state index in [-0.39, 0.29) is 18.4 Å². The molecule has 2 rings (SSSR count). The zero-order valence-electron chi connectivity index (χ0n) is 10.7. The lowest BCUT2D eigenvalue weighted by atomic mass is 10.1. The Morgan fingerprint density at radius 1 is 1.42 bits per heavy atom. The van der Waals surface area contributed by atoms with Crippen molar-refractivity contribution in [2.45, 2.75) is 44.2 Å². The van der Waals surface area contributed by atoms with E-state index >= 15 is 0 Å². The zero-order valence-corrected chi connectivity index (χ0v) is 11.5. The van der Waals surface area contributed by atoms with Gasteiger partial charge >= 0.3 is 6.03 Å². The number of nitrogens with one attached hydrogen (secondary N) is 2. The van der Waals surface area contributed by atoms with Crippen LogP contribution in [0.1, 0.15) is 43.0 Å². The van der Waals surface area contributed by atoms with Gasteiger partial charge < -0.3 is 16.4 Å². The van der Waals surface area contributed by atoms with Gasteiger partial charge in [-0.3, -0.25) is 4.79 Å². The summed E-state index contributed by atoms with van der Waals surface area (Å²) in [6, 6.07) is 3.15. The van der Waals surface area contributed by atoms with Crippen molar-refractivity contribution < 1.29 is 9.59 Å².